The van der Waals surface area contributed by atoms with Crippen LogP contribution in [0.1, 0.15) is 19.4 Å². The van der Waals surface area contributed by atoms with Crippen molar-refractivity contribution in [2.75, 3.05) is 19.7 Å². The minimum Gasteiger partial charge on any atom is -0.374 e. The van der Waals surface area contributed by atoms with Crippen LogP contribution in [-0.2, 0) is 11.2 Å². The quantitative estimate of drug-likeness (QED) is 0.895. The van der Waals surface area contributed by atoms with Gasteiger partial charge in [-0.2, -0.15) is 0 Å². The summed E-state index contributed by atoms with van der Waals surface area (Å²) in [4.78, 5) is 2.41. The third-order valence-electron chi connectivity index (χ3n) is 3.80. The van der Waals surface area contributed by atoms with Gasteiger partial charge in [0.1, 0.15) is 0 Å². The van der Waals surface area contributed by atoms with E-state index in [1.807, 2.05) is 18.2 Å². The SMILES string of the molecule is CC(C)N1CCOC(C(N)Cc2ccc(Br)cc2Cl)C1. The van der Waals surface area contributed by atoms with Gasteiger partial charge in [-0.1, -0.05) is 33.6 Å². The molecule has 0 radical (unpaired) electrons. The van der Waals surface area contributed by atoms with E-state index in [9.17, 15) is 0 Å². The van der Waals surface area contributed by atoms with E-state index in [1.54, 1.807) is 0 Å². The maximum atomic E-state index is 6.33. The molecule has 0 amide bonds. The standard InChI is InChI=1S/C15H22BrClN2O/c1-10(2)19-5-6-20-15(9-19)14(18)7-11-3-4-12(16)8-13(11)17/h3-4,8,10,14-15H,5-7,9,18H2,1-2H3. The molecule has 112 valence electrons. The summed E-state index contributed by atoms with van der Waals surface area (Å²) in [6.45, 7) is 7.05. The highest BCUT2D eigenvalue weighted by Gasteiger charge is 2.27. The van der Waals surface area contributed by atoms with Gasteiger partial charge in [0, 0.05) is 34.7 Å². The number of benzene rings is 1. The van der Waals surface area contributed by atoms with Crippen LogP contribution in [0.15, 0.2) is 22.7 Å². The predicted octanol–water partition coefficient (Wildman–Crippen LogP) is 3.08. The zero-order valence-corrected chi connectivity index (χ0v) is 14.3. The fraction of sp³-hybridized carbons (Fsp3) is 0.600. The summed E-state index contributed by atoms with van der Waals surface area (Å²) in [6.07, 6.45) is 0.814. The minimum atomic E-state index is -0.0322. The van der Waals surface area contributed by atoms with Crippen LogP contribution in [0.4, 0.5) is 0 Å². The zero-order chi connectivity index (χ0) is 14.7. The average molecular weight is 362 g/mol. The summed E-state index contributed by atoms with van der Waals surface area (Å²) in [5.74, 6) is 0. The maximum absolute atomic E-state index is 6.33. The molecule has 1 saturated heterocycles. The number of morpholine rings is 1. The van der Waals surface area contributed by atoms with Gasteiger partial charge in [0.25, 0.3) is 0 Å². The summed E-state index contributed by atoms with van der Waals surface area (Å²) >= 11 is 9.67. The van der Waals surface area contributed by atoms with Crippen molar-refractivity contribution in [2.24, 2.45) is 5.73 Å². The van der Waals surface area contributed by atoms with E-state index in [2.05, 4.69) is 34.7 Å². The second-order valence-electron chi connectivity index (χ2n) is 5.60. The highest BCUT2D eigenvalue weighted by Crippen LogP contribution is 2.23. The van der Waals surface area contributed by atoms with Gasteiger partial charge < -0.3 is 10.5 Å². The number of nitrogens with zero attached hydrogens (tertiary/aromatic N) is 1. The largest absolute Gasteiger partial charge is 0.374 e. The molecule has 1 heterocycles. The van der Waals surface area contributed by atoms with Gasteiger partial charge in [0.2, 0.25) is 0 Å². The van der Waals surface area contributed by atoms with Crippen LogP contribution in [0.2, 0.25) is 5.02 Å². The molecule has 0 aromatic heterocycles. The first-order chi connectivity index (χ1) is 9.47. The van der Waals surface area contributed by atoms with Crippen LogP contribution in [0, 0.1) is 0 Å². The first-order valence-corrected chi connectivity index (χ1v) is 8.19. The minimum absolute atomic E-state index is 0.0322. The second kappa shape index (κ2) is 7.23. The van der Waals surface area contributed by atoms with Gasteiger partial charge in [-0.05, 0) is 38.0 Å². The maximum Gasteiger partial charge on any atom is 0.0856 e. The molecule has 1 aromatic carbocycles. The van der Waals surface area contributed by atoms with Crippen molar-refractivity contribution in [3.8, 4) is 0 Å². The lowest BCUT2D eigenvalue weighted by molar-refractivity contribution is -0.0495. The van der Waals surface area contributed by atoms with E-state index in [1.165, 1.54) is 0 Å². The summed E-state index contributed by atoms with van der Waals surface area (Å²) in [7, 11) is 0. The Morgan fingerprint density at radius 2 is 2.25 bits per heavy atom. The van der Waals surface area contributed by atoms with Crippen molar-refractivity contribution >= 4 is 27.5 Å². The molecule has 2 atom stereocenters. The van der Waals surface area contributed by atoms with Crippen LogP contribution in [-0.4, -0.2) is 42.8 Å². The third kappa shape index (κ3) is 4.18. The number of nitrogens with two attached hydrogens (primary N) is 1. The van der Waals surface area contributed by atoms with Crippen molar-refractivity contribution in [1.29, 1.82) is 0 Å². The molecule has 2 N–H and O–H groups in total. The fourth-order valence-corrected chi connectivity index (χ4v) is 3.25. The molecule has 1 aliphatic heterocycles. The van der Waals surface area contributed by atoms with Crippen LogP contribution < -0.4 is 5.73 Å². The van der Waals surface area contributed by atoms with Crippen molar-refractivity contribution in [3.05, 3.63) is 33.3 Å². The Balaban J connectivity index is 1.98. The predicted molar refractivity (Wildman–Crippen MR) is 87.3 cm³/mol. The molecule has 0 bridgehead atoms. The Bertz CT molecular complexity index is 455. The lowest BCUT2D eigenvalue weighted by Gasteiger charge is -2.38. The fourth-order valence-electron chi connectivity index (χ4n) is 2.50. The van der Waals surface area contributed by atoms with Crippen LogP contribution in [0.3, 0.4) is 0 Å². The molecule has 0 spiro atoms. The normalized spacial score (nSPS) is 22.2. The molecule has 1 aliphatic rings. The van der Waals surface area contributed by atoms with E-state index in [0.717, 1.165) is 41.2 Å². The van der Waals surface area contributed by atoms with Gasteiger partial charge in [0.15, 0.2) is 0 Å². The molecular formula is C15H22BrClN2O. The number of hydrogen-bond acceptors (Lipinski definition) is 3. The molecule has 0 aliphatic carbocycles. The number of rotatable bonds is 4. The van der Waals surface area contributed by atoms with Crippen LogP contribution in [0.25, 0.3) is 0 Å². The molecule has 2 rings (SSSR count). The lowest BCUT2D eigenvalue weighted by atomic mass is 10.0. The Morgan fingerprint density at radius 3 is 2.90 bits per heavy atom. The Morgan fingerprint density at radius 1 is 1.50 bits per heavy atom. The van der Waals surface area contributed by atoms with E-state index >= 15 is 0 Å². The van der Waals surface area contributed by atoms with Crippen molar-refractivity contribution in [2.45, 2.75) is 38.5 Å². The lowest BCUT2D eigenvalue weighted by Crippen LogP contribution is -2.53. The summed E-state index contributed by atoms with van der Waals surface area (Å²) in [5.41, 5.74) is 7.40. The molecule has 5 heteroatoms. The van der Waals surface area contributed by atoms with Crippen LogP contribution in [0.5, 0.6) is 0 Å². The van der Waals surface area contributed by atoms with Crippen molar-refractivity contribution in [1.82, 2.24) is 4.90 Å². The number of hydrogen-bond donors (Lipinski definition) is 1. The summed E-state index contributed by atoms with van der Waals surface area (Å²) in [5, 5.41) is 0.756. The second-order valence-corrected chi connectivity index (χ2v) is 6.92. The van der Waals surface area contributed by atoms with E-state index < -0.39 is 0 Å². The van der Waals surface area contributed by atoms with Crippen LogP contribution >= 0.6 is 27.5 Å². The first-order valence-electron chi connectivity index (χ1n) is 7.02. The Hall–Kier alpha value is -0.130. The van der Waals surface area contributed by atoms with Gasteiger partial charge in [-0.25, -0.2) is 0 Å². The number of halogens is 2. The smallest absolute Gasteiger partial charge is 0.0856 e. The average Bonchev–Trinajstić information content (AvgIpc) is 2.42. The van der Waals surface area contributed by atoms with Gasteiger partial charge in [-0.15, -0.1) is 0 Å². The van der Waals surface area contributed by atoms with Gasteiger partial charge in [0.05, 0.1) is 12.7 Å². The zero-order valence-electron chi connectivity index (χ0n) is 12.0. The highest BCUT2D eigenvalue weighted by molar-refractivity contribution is 9.10. The highest BCUT2D eigenvalue weighted by atomic mass is 79.9. The van der Waals surface area contributed by atoms with E-state index in [4.69, 9.17) is 22.1 Å². The van der Waals surface area contributed by atoms with E-state index in [0.29, 0.717) is 6.04 Å². The number of ether oxygens (including phenoxy) is 1. The Kier molecular flexibility index (Phi) is 5.87. The summed E-state index contributed by atoms with van der Waals surface area (Å²) < 4.78 is 6.82. The molecule has 1 aromatic rings. The third-order valence-corrected chi connectivity index (χ3v) is 4.65. The monoisotopic (exact) mass is 360 g/mol. The van der Waals surface area contributed by atoms with Crippen molar-refractivity contribution in [3.63, 3.8) is 0 Å². The molecule has 2 unspecified atom stereocenters. The van der Waals surface area contributed by atoms with E-state index in [-0.39, 0.29) is 12.1 Å². The molecule has 20 heavy (non-hydrogen) atoms. The molecule has 3 nitrogen and oxygen atoms in total. The summed E-state index contributed by atoms with van der Waals surface area (Å²) in [6, 6.07) is 6.43. The molecular weight excluding hydrogens is 340 g/mol. The molecule has 0 saturated carbocycles. The van der Waals surface area contributed by atoms with Gasteiger partial charge >= 0.3 is 0 Å². The Labute approximate surface area is 134 Å². The van der Waals surface area contributed by atoms with Crippen molar-refractivity contribution < 1.29 is 4.74 Å². The molecule has 1 fully saturated rings. The first kappa shape index (κ1) is 16.2. The topological polar surface area (TPSA) is 38.5 Å². The van der Waals surface area contributed by atoms with Gasteiger partial charge in [-0.3, -0.25) is 4.90 Å².